The first-order chi connectivity index (χ1) is 8.69. The zero-order valence-corrected chi connectivity index (χ0v) is 11.0. The molecular weight excluding hydrogens is 225 g/mol. The smallest absolute Gasteiger partial charge is 0.307 e. The Balaban J connectivity index is 0.000000280. The topological polar surface area (TPSA) is 50.4 Å². The number of para-hydroxylation sites is 1. The Hall–Kier alpha value is -1.58. The summed E-state index contributed by atoms with van der Waals surface area (Å²) in [4.78, 5) is 10.5. The van der Waals surface area contributed by atoms with E-state index in [0.29, 0.717) is 0 Å². The molecule has 18 heavy (non-hydrogen) atoms. The lowest BCUT2D eigenvalue weighted by atomic mass is 9.37. The van der Waals surface area contributed by atoms with Gasteiger partial charge in [-0.3, -0.25) is 4.79 Å². The zero-order chi connectivity index (χ0) is 13.4. The molecule has 0 spiro atoms. The summed E-state index contributed by atoms with van der Waals surface area (Å²) in [5, 5.41) is 9.48. The molecule has 2 aromatic rings. The molecule has 0 unspecified atom stereocenters. The molecule has 1 heterocycles. The van der Waals surface area contributed by atoms with Crippen molar-refractivity contribution in [3.05, 3.63) is 36.1 Å². The normalized spacial score (nSPS) is 9.39. The number of benzene rings is 1. The molecular formula is C12H17B3O3. The van der Waals surface area contributed by atoms with Crippen molar-refractivity contribution < 1.29 is 14.3 Å². The molecule has 0 aliphatic rings. The van der Waals surface area contributed by atoms with E-state index in [1.54, 1.807) is 0 Å². The summed E-state index contributed by atoms with van der Waals surface area (Å²) in [7, 11) is 4.94. The van der Waals surface area contributed by atoms with Crippen LogP contribution in [0.3, 0.4) is 0 Å². The van der Waals surface area contributed by atoms with E-state index in [0.717, 1.165) is 16.5 Å². The fourth-order valence-corrected chi connectivity index (χ4v) is 1.69. The standard InChI is InChI=1S/C10H8O3.C2H9B3/c11-10(12)5-7-6-13-9-4-2-1-3-8(7)9;1-4-5-2-3/h1-4,6H,5H2,(H,11,12);4-5H,2-3H2,1H3. The van der Waals surface area contributed by atoms with Crippen molar-refractivity contribution in [2.45, 2.75) is 19.5 Å². The van der Waals surface area contributed by atoms with Crippen LogP contribution >= 0.6 is 0 Å². The highest BCUT2D eigenvalue weighted by molar-refractivity contribution is 7.01. The number of furan rings is 1. The number of aliphatic carboxylic acids is 1. The number of rotatable bonds is 4. The highest BCUT2D eigenvalue weighted by Gasteiger charge is 2.07. The molecule has 6 heteroatoms. The van der Waals surface area contributed by atoms with Crippen LogP contribution in [0.25, 0.3) is 11.0 Å². The van der Waals surface area contributed by atoms with Gasteiger partial charge < -0.3 is 9.52 Å². The van der Waals surface area contributed by atoms with Gasteiger partial charge in [-0.2, -0.15) is 0 Å². The summed E-state index contributed by atoms with van der Waals surface area (Å²) in [5.41, 5.74) is 1.46. The lowest BCUT2D eigenvalue weighted by molar-refractivity contribution is -0.136. The quantitative estimate of drug-likeness (QED) is 0.809. The van der Waals surface area contributed by atoms with Crippen LogP contribution in [-0.2, 0) is 11.2 Å². The average molecular weight is 242 g/mol. The Morgan fingerprint density at radius 2 is 2.17 bits per heavy atom. The minimum absolute atomic E-state index is 0.0109. The average Bonchev–Trinajstić information content (AvgIpc) is 2.74. The SMILES string of the molecule is BCBBC.O=C(O)Cc1coc2ccccc12. The maximum atomic E-state index is 10.5. The Bertz CT molecular complexity index is 494. The van der Waals surface area contributed by atoms with E-state index in [1.165, 1.54) is 26.8 Å². The number of carbonyl (C=O) groups is 1. The number of hydrogen-bond acceptors (Lipinski definition) is 2. The van der Waals surface area contributed by atoms with E-state index in [-0.39, 0.29) is 6.42 Å². The van der Waals surface area contributed by atoms with Crippen LogP contribution in [0.4, 0.5) is 0 Å². The third-order valence-corrected chi connectivity index (χ3v) is 2.61. The molecule has 1 aromatic carbocycles. The van der Waals surface area contributed by atoms with Gasteiger partial charge in [0, 0.05) is 10.9 Å². The first kappa shape index (κ1) is 14.5. The zero-order valence-electron chi connectivity index (χ0n) is 11.0. The van der Waals surface area contributed by atoms with Crippen molar-refractivity contribution in [3.8, 4) is 0 Å². The van der Waals surface area contributed by atoms with Crippen LogP contribution in [0.2, 0.25) is 13.0 Å². The van der Waals surface area contributed by atoms with Crippen molar-refractivity contribution in [3.63, 3.8) is 0 Å². The monoisotopic (exact) mass is 242 g/mol. The van der Waals surface area contributed by atoms with Crippen LogP contribution in [0.1, 0.15) is 5.56 Å². The first-order valence-electron chi connectivity index (χ1n) is 6.35. The van der Waals surface area contributed by atoms with E-state index in [4.69, 9.17) is 9.52 Å². The molecule has 0 bridgehead atoms. The minimum atomic E-state index is -0.841. The first-order valence-corrected chi connectivity index (χ1v) is 6.35. The summed E-state index contributed by atoms with van der Waals surface area (Å²) in [6, 6.07) is 7.40. The summed E-state index contributed by atoms with van der Waals surface area (Å²) in [5.74, 6) is -0.841. The predicted octanol–water partition coefficient (Wildman–Crippen LogP) is 0.891. The van der Waals surface area contributed by atoms with E-state index in [2.05, 4.69) is 14.7 Å². The lowest BCUT2D eigenvalue weighted by Crippen LogP contribution is -1.98. The van der Waals surface area contributed by atoms with E-state index >= 15 is 0 Å². The third kappa shape index (κ3) is 4.36. The van der Waals surface area contributed by atoms with Crippen LogP contribution < -0.4 is 0 Å². The van der Waals surface area contributed by atoms with Crippen molar-refractivity contribution in [2.24, 2.45) is 0 Å². The fourth-order valence-electron chi connectivity index (χ4n) is 1.69. The maximum absolute atomic E-state index is 10.5. The third-order valence-electron chi connectivity index (χ3n) is 2.61. The highest BCUT2D eigenvalue weighted by atomic mass is 16.4. The van der Waals surface area contributed by atoms with Crippen LogP contribution in [0.5, 0.6) is 0 Å². The lowest BCUT2D eigenvalue weighted by Gasteiger charge is -1.90. The van der Waals surface area contributed by atoms with E-state index in [1.807, 2.05) is 24.3 Å². The van der Waals surface area contributed by atoms with Gasteiger partial charge in [0.2, 0.25) is 0 Å². The molecule has 0 saturated carbocycles. The Labute approximate surface area is 109 Å². The van der Waals surface area contributed by atoms with Gasteiger partial charge in [0.1, 0.15) is 5.58 Å². The maximum Gasteiger partial charge on any atom is 0.307 e. The molecule has 2 rings (SSSR count). The van der Waals surface area contributed by atoms with Crippen LogP contribution in [0, 0.1) is 0 Å². The predicted molar refractivity (Wildman–Crippen MR) is 81.1 cm³/mol. The van der Waals surface area contributed by atoms with Crippen molar-refractivity contribution in [1.82, 2.24) is 0 Å². The molecule has 92 valence electrons. The van der Waals surface area contributed by atoms with Gasteiger partial charge in [0.15, 0.2) is 0 Å². The van der Waals surface area contributed by atoms with E-state index < -0.39 is 5.97 Å². The van der Waals surface area contributed by atoms with Crippen molar-refractivity contribution in [2.75, 3.05) is 0 Å². The molecule has 1 aromatic heterocycles. The largest absolute Gasteiger partial charge is 0.481 e. The molecule has 0 amide bonds. The van der Waals surface area contributed by atoms with Gasteiger partial charge in [0.05, 0.1) is 34.9 Å². The molecule has 0 radical (unpaired) electrons. The van der Waals surface area contributed by atoms with Crippen molar-refractivity contribution >= 4 is 39.1 Å². The molecule has 1 N–H and O–H groups in total. The number of carboxylic acids is 1. The molecule has 0 saturated heterocycles. The van der Waals surface area contributed by atoms with Gasteiger partial charge in [-0.15, -0.1) is 6.22 Å². The number of hydrogen-bond donors (Lipinski definition) is 1. The second-order valence-corrected chi connectivity index (χ2v) is 4.18. The Morgan fingerprint density at radius 3 is 2.72 bits per heavy atom. The van der Waals surface area contributed by atoms with Gasteiger partial charge in [-0.1, -0.05) is 25.0 Å². The molecule has 0 atom stereocenters. The highest BCUT2D eigenvalue weighted by Crippen LogP contribution is 2.20. The van der Waals surface area contributed by atoms with Crippen molar-refractivity contribution in [1.29, 1.82) is 0 Å². The fraction of sp³-hybridized carbons (Fsp3) is 0.250. The Morgan fingerprint density at radius 1 is 1.44 bits per heavy atom. The minimum Gasteiger partial charge on any atom is -0.481 e. The molecule has 0 aliphatic heterocycles. The van der Waals surface area contributed by atoms with Gasteiger partial charge in [-0.05, 0) is 6.07 Å². The number of carboxylic acid groups (broad SMARTS) is 1. The summed E-state index contributed by atoms with van der Waals surface area (Å²) >= 11 is 0. The van der Waals surface area contributed by atoms with Crippen LogP contribution in [0.15, 0.2) is 34.9 Å². The number of fused-ring (bicyclic) bond motifs is 1. The molecule has 3 nitrogen and oxygen atoms in total. The van der Waals surface area contributed by atoms with Gasteiger partial charge in [0.25, 0.3) is 0 Å². The second kappa shape index (κ2) is 7.69. The van der Waals surface area contributed by atoms with Gasteiger partial charge in [-0.25, -0.2) is 0 Å². The summed E-state index contributed by atoms with van der Waals surface area (Å²) < 4.78 is 5.19. The summed E-state index contributed by atoms with van der Waals surface area (Å²) in [6.07, 6.45) is 2.85. The molecule has 0 aliphatic carbocycles. The van der Waals surface area contributed by atoms with E-state index in [9.17, 15) is 4.79 Å². The van der Waals surface area contributed by atoms with Crippen LogP contribution in [-0.4, -0.2) is 33.3 Å². The summed E-state index contributed by atoms with van der Waals surface area (Å²) in [6.45, 7) is 2.21. The second-order valence-electron chi connectivity index (χ2n) is 4.18. The molecule has 0 fully saturated rings. The Kier molecular flexibility index (Phi) is 6.19. The van der Waals surface area contributed by atoms with Gasteiger partial charge >= 0.3 is 5.97 Å².